The van der Waals surface area contributed by atoms with Crippen LogP contribution in [0.15, 0.2) is 24.5 Å². The van der Waals surface area contributed by atoms with Gasteiger partial charge in [0, 0.05) is 6.54 Å². The fourth-order valence-corrected chi connectivity index (χ4v) is 1.51. The predicted molar refractivity (Wildman–Crippen MR) is 54.5 cm³/mol. The molecule has 0 amide bonds. The van der Waals surface area contributed by atoms with Crippen molar-refractivity contribution in [3.8, 4) is 0 Å². The standard InChI is InChI=1S/C11H13N2/c1-3-9-5-6-11-10(7-9)12-8-13(11)4-2/h5-8H,2-4H2,1H3. The monoisotopic (exact) mass is 173 g/mol. The molecule has 2 nitrogen and oxygen atoms in total. The molecule has 0 saturated carbocycles. The molecule has 1 aromatic heterocycles. The number of hydrogen-bond acceptors (Lipinski definition) is 1. The first-order chi connectivity index (χ1) is 6.35. The maximum Gasteiger partial charge on any atom is 0.0958 e. The summed E-state index contributed by atoms with van der Waals surface area (Å²) in [6.45, 7) is 6.73. The number of rotatable bonds is 2. The van der Waals surface area contributed by atoms with Gasteiger partial charge >= 0.3 is 0 Å². The van der Waals surface area contributed by atoms with Gasteiger partial charge in [0.2, 0.25) is 0 Å². The van der Waals surface area contributed by atoms with E-state index < -0.39 is 0 Å². The van der Waals surface area contributed by atoms with Gasteiger partial charge in [-0.15, -0.1) is 0 Å². The Labute approximate surface area is 78.2 Å². The number of fused-ring (bicyclic) bond motifs is 1. The van der Waals surface area contributed by atoms with Gasteiger partial charge in [-0.1, -0.05) is 13.0 Å². The van der Waals surface area contributed by atoms with Crippen molar-refractivity contribution < 1.29 is 0 Å². The van der Waals surface area contributed by atoms with Crippen LogP contribution in [0.2, 0.25) is 0 Å². The zero-order chi connectivity index (χ0) is 9.26. The Morgan fingerprint density at radius 1 is 1.46 bits per heavy atom. The van der Waals surface area contributed by atoms with Crippen LogP contribution in [0.25, 0.3) is 11.0 Å². The summed E-state index contributed by atoms with van der Waals surface area (Å²) < 4.78 is 2.05. The summed E-state index contributed by atoms with van der Waals surface area (Å²) in [4.78, 5) is 4.32. The van der Waals surface area contributed by atoms with Gasteiger partial charge in [0.25, 0.3) is 0 Å². The van der Waals surface area contributed by atoms with Crippen LogP contribution in [0.5, 0.6) is 0 Å². The number of hydrogen-bond donors (Lipinski definition) is 0. The Hall–Kier alpha value is -1.31. The summed E-state index contributed by atoms with van der Waals surface area (Å²) in [5.74, 6) is 0. The fraction of sp³-hybridized carbons (Fsp3) is 0.273. The Morgan fingerprint density at radius 3 is 3.00 bits per heavy atom. The second-order valence-corrected chi connectivity index (χ2v) is 3.11. The lowest BCUT2D eigenvalue weighted by atomic mass is 10.1. The van der Waals surface area contributed by atoms with Gasteiger partial charge in [-0.05, 0) is 31.0 Å². The second-order valence-electron chi connectivity index (χ2n) is 3.11. The number of benzene rings is 1. The quantitative estimate of drug-likeness (QED) is 0.682. The number of nitrogens with zero attached hydrogens (tertiary/aromatic N) is 2. The van der Waals surface area contributed by atoms with Crippen molar-refractivity contribution in [2.24, 2.45) is 0 Å². The zero-order valence-electron chi connectivity index (χ0n) is 7.83. The highest BCUT2D eigenvalue weighted by Gasteiger charge is 2.00. The molecule has 1 heterocycles. The summed E-state index contributed by atoms with van der Waals surface area (Å²) in [6.07, 6.45) is 2.91. The first-order valence-corrected chi connectivity index (χ1v) is 4.58. The van der Waals surface area contributed by atoms with E-state index in [2.05, 4.69) is 41.6 Å². The van der Waals surface area contributed by atoms with Crippen molar-refractivity contribution in [2.45, 2.75) is 19.9 Å². The molecule has 0 spiro atoms. The summed E-state index contributed by atoms with van der Waals surface area (Å²) in [5.41, 5.74) is 3.58. The van der Waals surface area contributed by atoms with E-state index in [9.17, 15) is 0 Å². The number of aryl methyl sites for hydroxylation is 1. The predicted octanol–water partition coefficient (Wildman–Crippen LogP) is 2.43. The summed E-state index contributed by atoms with van der Waals surface area (Å²) in [5, 5.41) is 0. The van der Waals surface area contributed by atoms with Crippen molar-refractivity contribution in [1.82, 2.24) is 9.55 Å². The highest BCUT2D eigenvalue weighted by molar-refractivity contribution is 5.76. The molecule has 0 unspecified atom stereocenters. The van der Waals surface area contributed by atoms with Crippen molar-refractivity contribution in [2.75, 3.05) is 0 Å². The molecule has 0 aliphatic heterocycles. The molecule has 1 aromatic carbocycles. The molecular formula is C11H13N2. The van der Waals surface area contributed by atoms with Crippen LogP contribution in [0, 0.1) is 6.92 Å². The molecule has 2 aromatic rings. The van der Waals surface area contributed by atoms with Gasteiger partial charge in [-0.3, -0.25) is 0 Å². The third-order valence-corrected chi connectivity index (χ3v) is 2.33. The van der Waals surface area contributed by atoms with Gasteiger partial charge < -0.3 is 4.57 Å². The lowest BCUT2D eigenvalue weighted by Gasteiger charge is -1.99. The summed E-state index contributed by atoms with van der Waals surface area (Å²) in [7, 11) is 0. The Bertz CT molecular complexity index is 415. The van der Waals surface area contributed by atoms with Crippen LogP contribution in [0.4, 0.5) is 0 Å². The smallest absolute Gasteiger partial charge is 0.0958 e. The van der Waals surface area contributed by atoms with E-state index in [1.54, 1.807) is 0 Å². The normalized spacial score (nSPS) is 10.9. The molecule has 0 saturated heterocycles. The molecule has 0 aliphatic rings. The molecule has 0 aliphatic carbocycles. The van der Waals surface area contributed by atoms with Crippen LogP contribution < -0.4 is 0 Å². The number of imidazole rings is 1. The average molecular weight is 173 g/mol. The first-order valence-electron chi connectivity index (χ1n) is 4.58. The summed E-state index contributed by atoms with van der Waals surface area (Å²) >= 11 is 0. The third-order valence-electron chi connectivity index (χ3n) is 2.33. The van der Waals surface area contributed by atoms with Gasteiger partial charge in [0.15, 0.2) is 0 Å². The molecule has 0 atom stereocenters. The molecule has 0 N–H and O–H groups in total. The van der Waals surface area contributed by atoms with E-state index in [1.165, 1.54) is 11.1 Å². The minimum Gasteiger partial charge on any atom is -0.331 e. The van der Waals surface area contributed by atoms with Gasteiger partial charge in [-0.25, -0.2) is 4.98 Å². The second kappa shape index (κ2) is 3.21. The maximum absolute atomic E-state index is 4.32. The van der Waals surface area contributed by atoms with Crippen LogP contribution >= 0.6 is 0 Å². The zero-order valence-corrected chi connectivity index (χ0v) is 7.83. The minimum absolute atomic E-state index is 0.738. The largest absolute Gasteiger partial charge is 0.331 e. The molecule has 1 radical (unpaired) electrons. The molecule has 0 bridgehead atoms. The molecule has 2 rings (SSSR count). The van der Waals surface area contributed by atoms with E-state index in [4.69, 9.17) is 0 Å². The van der Waals surface area contributed by atoms with Gasteiger partial charge in [0.05, 0.1) is 17.4 Å². The minimum atomic E-state index is 0.738. The fourth-order valence-electron chi connectivity index (χ4n) is 1.51. The molecular weight excluding hydrogens is 160 g/mol. The first kappa shape index (κ1) is 8.30. The van der Waals surface area contributed by atoms with Crippen molar-refractivity contribution in [3.05, 3.63) is 37.0 Å². The lowest BCUT2D eigenvalue weighted by molar-refractivity contribution is 0.847. The van der Waals surface area contributed by atoms with Gasteiger partial charge in [0.1, 0.15) is 0 Å². The Balaban J connectivity index is 2.61. The lowest BCUT2D eigenvalue weighted by Crippen LogP contribution is -1.90. The highest BCUT2D eigenvalue weighted by atomic mass is 15.0. The van der Waals surface area contributed by atoms with E-state index in [1.807, 2.05) is 6.33 Å². The van der Waals surface area contributed by atoms with Crippen LogP contribution in [-0.2, 0) is 13.0 Å². The Kier molecular flexibility index (Phi) is 2.05. The molecule has 2 heteroatoms. The average Bonchev–Trinajstić information content (AvgIpc) is 2.59. The van der Waals surface area contributed by atoms with E-state index in [0.29, 0.717) is 0 Å². The maximum atomic E-state index is 4.32. The molecule has 0 fully saturated rings. The van der Waals surface area contributed by atoms with Crippen LogP contribution in [0.3, 0.4) is 0 Å². The van der Waals surface area contributed by atoms with E-state index >= 15 is 0 Å². The molecule has 67 valence electrons. The highest BCUT2D eigenvalue weighted by Crippen LogP contribution is 2.14. The van der Waals surface area contributed by atoms with E-state index in [-0.39, 0.29) is 0 Å². The number of aromatic nitrogens is 2. The van der Waals surface area contributed by atoms with Gasteiger partial charge in [-0.2, -0.15) is 0 Å². The third kappa shape index (κ3) is 1.32. The van der Waals surface area contributed by atoms with Crippen LogP contribution in [-0.4, -0.2) is 9.55 Å². The summed E-state index contributed by atoms with van der Waals surface area (Å²) in [6, 6.07) is 6.41. The SMILES string of the molecule is [CH2]Cn1cnc2cc(CC)ccc21. The van der Waals surface area contributed by atoms with Crippen molar-refractivity contribution in [1.29, 1.82) is 0 Å². The van der Waals surface area contributed by atoms with Crippen LogP contribution in [0.1, 0.15) is 12.5 Å². The van der Waals surface area contributed by atoms with E-state index in [0.717, 1.165) is 18.5 Å². The topological polar surface area (TPSA) is 17.8 Å². The molecule has 13 heavy (non-hydrogen) atoms. The van der Waals surface area contributed by atoms with Crippen molar-refractivity contribution in [3.63, 3.8) is 0 Å². The Morgan fingerprint density at radius 2 is 2.31 bits per heavy atom. The van der Waals surface area contributed by atoms with Crippen molar-refractivity contribution >= 4 is 11.0 Å².